The summed E-state index contributed by atoms with van der Waals surface area (Å²) in [4.78, 5) is 2.22. The lowest BCUT2D eigenvalue weighted by atomic mass is 9.81. The largest absolute Gasteiger partial charge is 0.508 e. The highest BCUT2D eigenvalue weighted by molar-refractivity contribution is 5.85. The van der Waals surface area contributed by atoms with Gasteiger partial charge in [0.1, 0.15) is 5.75 Å². The third-order valence-electron chi connectivity index (χ3n) is 4.81. The predicted octanol–water partition coefficient (Wildman–Crippen LogP) is 4.74. The van der Waals surface area contributed by atoms with Crippen LogP contribution in [0.3, 0.4) is 0 Å². The normalized spacial score (nSPS) is 18.3. The summed E-state index contributed by atoms with van der Waals surface area (Å²) in [7, 11) is 4.21. The van der Waals surface area contributed by atoms with Crippen LogP contribution >= 0.6 is 12.4 Å². The summed E-state index contributed by atoms with van der Waals surface area (Å²) in [5.41, 5.74) is 5.70. The number of hydrogen-bond acceptors (Lipinski definition) is 3. The zero-order valence-corrected chi connectivity index (χ0v) is 16.7. The fourth-order valence-corrected chi connectivity index (χ4v) is 3.63. The van der Waals surface area contributed by atoms with Crippen LogP contribution in [0.15, 0.2) is 60.2 Å². The number of phenolic OH excluding ortho intramolecular Hbond substituents is 1. The number of hydrogen-bond donors (Lipinski definition) is 2. The van der Waals surface area contributed by atoms with E-state index in [-0.39, 0.29) is 19.0 Å². The summed E-state index contributed by atoms with van der Waals surface area (Å²) in [5.74, 6) is 0.756. The molecule has 2 aromatic rings. The van der Waals surface area contributed by atoms with Crippen LogP contribution < -0.4 is 0 Å². The Balaban J connectivity index is 0.00000261. The van der Waals surface area contributed by atoms with Crippen LogP contribution in [0, 0.1) is 5.92 Å². The van der Waals surface area contributed by atoms with Crippen molar-refractivity contribution in [3.05, 3.63) is 76.9 Å². The molecule has 0 spiro atoms. The van der Waals surface area contributed by atoms with Gasteiger partial charge >= 0.3 is 0 Å². The lowest BCUT2D eigenvalue weighted by Gasteiger charge is -2.28. The second kappa shape index (κ2) is 9.75. The molecule has 3 nitrogen and oxygen atoms in total. The number of aliphatic hydroxyl groups is 1. The van der Waals surface area contributed by atoms with Crippen LogP contribution in [-0.2, 0) is 6.61 Å². The van der Waals surface area contributed by atoms with Crippen molar-refractivity contribution < 1.29 is 10.2 Å². The van der Waals surface area contributed by atoms with E-state index < -0.39 is 0 Å². The van der Waals surface area contributed by atoms with Gasteiger partial charge in [0.25, 0.3) is 0 Å². The van der Waals surface area contributed by atoms with Crippen molar-refractivity contribution in [1.29, 1.82) is 0 Å². The minimum atomic E-state index is 0. The number of allylic oxidation sites excluding steroid dienone is 2. The number of phenols is 1. The van der Waals surface area contributed by atoms with Gasteiger partial charge in [-0.05, 0) is 78.9 Å². The summed E-state index contributed by atoms with van der Waals surface area (Å²) in [6, 6.07) is 15.6. The van der Waals surface area contributed by atoms with E-state index in [4.69, 9.17) is 0 Å². The van der Waals surface area contributed by atoms with Crippen LogP contribution in [0.1, 0.15) is 29.5 Å². The second-order valence-electron chi connectivity index (χ2n) is 7.27. The van der Waals surface area contributed by atoms with Crippen molar-refractivity contribution in [3.63, 3.8) is 0 Å². The lowest BCUT2D eigenvalue weighted by Crippen LogP contribution is -2.24. The van der Waals surface area contributed by atoms with Crippen LogP contribution in [0.2, 0.25) is 0 Å². The molecule has 0 heterocycles. The summed E-state index contributed by atoms with van der Waals surface area (Å²) in [5, 5.41) is 19.2. The maximum atomic E-state index is 9.89. The molecule has 0 aliphatic heterocycles. The van der Waals surface area contributed by atoms with E-state index >= 15 is 0 Å². The maximum Gasteiger partial charge on any atom is 0.116 e. The van der Waals surface area contributed by atoms with Crippen LogP contribution in [0.5, 0.6) is 5.75 Å². The number of aromatic hydroxyl groups is 1. The van der Waals surface area contributed by atoms with Gasteiger partial charge in [-0.3, -0.25) is 0 Å². The Labute approximate surface area is 168 Å². The standard InChI is InChI=1S/C23H27NO2.ClH/c1-24(2)15-21-10-9-18(11-17-5-3-6-19(12-17)16-25)13-23(21)20-7-4-8-22(26)14-20;/h3-8,11-14,21,25-26H,9-10,15-16H2,1-2H3;1H/b18-11-;. The third-order valence-corrected chi connectivity index (χ3v) is 4.81. The summed E-state index contributed by atoms with van der Waals surface area (Å²) >= 11 is 0. The monoisotopic (exact) mass is 385 g/mol. The van der Waals surface area contributed by atoms with Gasteiger partial charge in [-0.15, -0.1) is 12.4 Å². The van der Waals surface area contributed by atoms with Crippen LogP contribution in [-0.4, -0.2) is 35.8 Å². The zero-order valence-electron chi connectivity index (χ0n) is 15.9. The molecule has 1 unspecified atom stereocenters. The lowest BCUT2D eigenvalue weighted by molar-refractivity contribution is 0.282. The summed E-state index contributed by atoms with van der Waals surface area (Å²) < 4.78 is 0. The minimum absolute atomic E-state index is 0. The van der Waals surface area contributed by atoms with Gasteiger partial charge in [0.05, 0.1) is 6.61 Å². The van der Waals surface area contributed by atoms with Gasteiger partial charge in [-0.2, -0.15) is 0 Å². The van der Waals surface area contributed by atoms with Gasteiger partial charge in [0.2, 0.25) is 0 Å². The van der Waals surface area contributed by atoms with Crippen molar-refractivity contribution in [1.82, 2.24) is 4.90 Å². The summed E-state index contributed by atoms with van der Waals surface area (Å²) in [6.45, 7) is 1.06. The first-order valence-electron chi connectivity index (χ1n) is 9.11. The number of benzene rings is 2. The molecule has 0 aromatic heterocycles. The molecule has 0 fully saturated rings. The fraction of sp³-hybridized carbons (Fsp3) is 0.304. The first-order chi connectivity index (χ1) is 12.5. The molecule has 2 aromatic carbocycles. The molecule has 1 aliphatic rings. The van der Waals surface area contributed by atoms with Gasteiger partial charge in [0, 0.05) is 6.54 Å². The third kappa shape index (κ3) is 5.70. The van der Waals surface area contributed by atoms with E-state index in [0.29, 0.717) is 11.7 Å². The Morgan fingerprint density at radius 2 is 1.89 bits per heavy atom. The predicted molar refractivity (Wildman–Crippen MR) is 115 cm³/mol. The van der Waals surface area contributed by atoms with E-state index in [9.17, 15) is 10.2 Å². The molecule has 2 N–H and O–H groups in total. The number of rotatable bonds is 5. The van der Waals surface area contributed by atoms with Gasteiger partial charge < -0.3 is 15.1 Å². The first-order valence-corrected chi connectivity index (χ1v) is 9.11. The molecule has 1 atom stereocenters. The topological polar surface area (TPSA) is 43.7 Å². The highest BCUT2D eigenvalue weighted by atomic mass is 35.5. The van der Waals surface area contributed by atoms with E-state index in [2.05, 4.69) is 43.3 Å². The van der Waals surface area contributed by atoms with Gasteiger partial charge in [-0.1, -0.05) is 42.5 Å². The average molecular weight is 386 g/mol. The molecule has 3 rings (SSSR count). The molecule has 0 bridgehead atoms. The summed E-state index contributed by atoms with van der Waals surface area (Å²) in [6.07, 6.45) is 6.60. The Morgan fingerprint density at radius 1 is 1.11 bits per heavy atom. The molecule has 4 heteroatoms. The van der Waals surface area contributed by atoms with Crippen LogP contribution in [0.25, 0.3) is 11.6 Å². The smallest absolute Gasteiger partial charge is 0.116 e. The van der Waals surface area contributed by atoms with E-state index in [1.54, 1.807) is 6.07 Å². The van der Waals surface area contributed by atoms with Crippen molar-refractivity contribution in [2.45, 2.75) is 19.4 Å². The molecule has 0 saturated heterocycles. The molecule has 0 saturated carbocycles. The Morgan fingerprint density at radius 3 is 2.59 bits per heavy atom. The van der Waals surface area contributed by atoms with Crippen LogP contribution in [0.4, 0.5) is 0 Å². The zero-order chi connectivity index (χ0) is 18.5. The molecular formula is C23H28ClNO2. The Bertz CT molecular complexity index is 827. The Kier molecular flexibility index (Phi) is 7.66. The molecule has 144 valence electrons. The number of halogens is 1. The van der Waals surface area contributed by atoms with Crippen molar-refractivity contribution >= 4 is 24.1 Å². The van der Waals surface area contributed by atoms with E-state index in [1.807, 2.05) is 30.3 Å². The van der Waals surface area contributed by atoms with Crippen molar-refractivity contribution in [2.75, 3.05) is 20.6 Å². The number of aliphatic hydroxyl groups excluding tert-OH is 1. The first kappa shape index (κ1) is 21.2. The van der Waals surface area contributed by atoms with E-state index in [1.165, 1.54) is 11.1 Å². The van der Waals surface area contributed by atoms with Crippen molar-refractivity contribution in [3.8, 4) is 5.75 Å². The SMILES string of the molecule is CN(C)CC1CC/C(=C/c2cccc(CO)c2)C=C1c1cccc(O)c1.Cl. The Hall–Kier alpha value is -2.07. The van der Waals surface area contributed by atoms with Gasteiger partial charge in [-0.25, -0.2) is 0 Å². The van der Waals surface area contributed by atoms with Crippen molar-refractivity contribution in [2.24, 2.45) is 5.92 Å². The minimum Gasteiger partial charge on any atom is -0.508 e. The molecule has 27 heavy (non-hydrogen) atoms. The molecule has 1 aliphatic carbocycles. The quantitative estimate of drug-likeness (QED) is 0.780. The number of nitrogens with zero attached hydrogens (tertiary/aromatic N) is 1. The molecular weight excluding hydrogens is 358 g/mol. The highest BCUT2D eigenvalue weighted by Crippen LogP contribution is 2.36. The molecule has 0 amide bonds. The highest BCUT2D eigenvalue weighted by Gasteiger charge is 2.22. The maximum absolute atomic E-state index is 9.89. The molecule has 0 radical (unpaired) electrons. The average Bonchev–Trinajstić information content (AvgIpc) is 2.63. The second-order valence-corrected chi connectivity index (χ2v) is 7.27. The van der Waals surface area contributed by atoms with E-state index in [0.717, 1.165) is 36.1 Å². The fourth-order valence-electron chi connectivity index (χ4n) is 3.63. The van der Waals surface area contributed by atoms with Gasteiger partial charge in [0.15, 0.2) is 0 Å².